The number of fused-ring (bicyclic) bond motifs is 1. The van der Waals surface area contributed by atoms with Crippen LogP contribution >= 0.6 is 35.3 Å². The van der Waals surface area contributed by atoms with Gasteiger partial charge >= 0.3 is 5.97 Å². The number of aliphatic carboxylic acids is 1. The molecule has 0 spiro atoms. The van der Waals surface area contributed by atoms with E-state index in [2.05, 4.69) is 24.0 Å². The van der Waals surface area contributed by atoms with Crippen LogP contribution in [0.4, 0.5) is 5.69 Å². The summed E-state index contributed by atoms with van der Waals surface area (Å²) in [6, 6.07) is 8.13. The first-order chi connectivity index (χ1) is 15.8. The van der Waals surface area contributed by atoms with E-state index in [0.717, 1.165) is 40.2 Å². The Morgan fingerprint density at radius 1 is 1.09 bits per heavy atom. The molecule has 1 aromatic carbocycles. The standard InChI is InChI=1S/C23H21N3O4S3/c1-3-24-15(10-9-14-7-5-6-8-16(14)24)11-12-17-20(29)25(4-2)22(32-17)19-21(30)26(13-18(27)28)23(31)33-19/h5-12H,3-4,13H2,1-2H3,(H,27,28)/b15-11-,17-12+,22-19+. The molecule has 1 fully saturated rings. The molecule has 0 unspecified atom stereocenters. The number of carbonyl (C=O) groups excluding carboxylic acids is 1. The Morgan fingerprint density at radius 3 is 2.55 bits per heavy atom. The minimum absolute atomic E-state index is 0.179. The van der Waals surface area contributed by atoms with Crippen molar-refractivity contribution in [3.63, 3.8) is 0 Å². The lowest BCUT2D eigenvalue weighted by atomic mass is 10.1. The molecule has 0 radical (unpaired) electrons. The van der Waals surface area contributed by atoms with E-state index in [-0.39, 0.29) is 9.88 Å². The number of hydrogen-bond donors (Lipinski definition) is 1. The molecule has 7 nitrogen and oxygen atoms in total. The molecular weight excluding hydrogens is 478 g/mol. The van der Waals surface area contributed by atoms with Gasteiger partial charge in [0.05, 0.1) is 4.53 Å². The van der Waals surface area contributed by atoms with Gasteiger partial charge in [-0.15, -0.1) is 11.3 Å². The molecule has 170 valence electrons. The van der Waals surface area contributed by atoms with Gasteiger partial charge in [0.2, 0.25) is 0 Å². The molecule has 0 bridgehead atoms. The first-order valence-electron chi connectivity index (χ1n) is 10.3. The summed E-state index contributed by atoms with van der Waals surface area (Å²) in [5.74, 6) is -1.63. The molecule has 0 aliphatic carbocycles. The fourth-order valence-electron chi connectivity index (χ4n) is 3.73. The van der Waals surface area contributed by atoms with Crippen LogP contribution in [0.15, 0.2) is 46.9 Å². The number of hydrogen-bond acceptors (Lipinski definition) is 7. The molecule has 1 saturated heterocycles. The van der Waals surface area contributed by atoms with E-state index in [9.17, 15) is 14.4 Å². The van der Waals surface area contributed by atoms with Gasteiger partial charge in [0.15, 0.2) is 0 Å². The molecule has 2 aliphatic rings. The van der Waals surface area contributed by atoms with E-state index in [1.807, 2.05) is 37.3 Å². The molecule has 4 rings (SSSR count). The van der Waals surface area contributed by atoms with Crippen LogP contribution in [-0.4, -0.2) is 43.9 Å². The van der Waals surface area contributed by atoms with Gasteiger partial charge in [-0.2, -0.15) is 0 Å². The molecule has 0 atom stereocenters. The van der Waals surface area contributed by atoms with E-state index in [1.54, 1.807) is 6.08 Å². The van der Waals surface area contributed by atoms with Crippen molar-refractivity contribution in [3.05, 3.63) is 67.2 Å². The number of amides is 1. The van der Waals surface area contributed by atoms with Crippen LogP contribution in [0.25, 0.3) is 17.1 Å². The zero-order valence-corrected chi connectivity index (χ0v) is 20.4. The van der Waals surface area contributed by atoms with Crippen LogP contribution in [-0.2, 0) is 16.1 Å². The summed E-state index contributed by atoms with van der Waals surface area (Å²) in [6.07, 6.45) is 7.75. The Labute approximate surface area is 203 Å². The topological polar surface area (TPSA) is 82.8 Å². The third-order valence-electron chi connectivity index (χ3n) is 5.26. The van der Waals surface area contributed by atoms with Crippen molar-refractivity contribution in [1.82, 2.24) is 9.47 Å². The molecule has 10 heteroatoms. The molecule has 2 aromatic rings. The highest BCUT2D eigenvalue weighted by molar-refractivity contribution is 8.30. The van der Waals surface area contributed by atoms with Gasteiger partial charge in [0.25, 0.3) is 11.5 Å². The average Bonchev–Trinajstić information content (AvgIpc) is 3.26. The maximum Gasteiger partial charge on any atom is 0.323 e. The summed E-state index contributed by atoms with van der Waals surface area (Å²) in [4.78, 5) is 40.5. The largest absolute Gasteiger partial charge is 0.480 e. The van der Waals surface area contributed by atoms with Crippen LogP contribution in [0, 0.1) is 0 Å². The number of likely N-dealkylation sites (N-methyl/N-ethyl adjacent to an activating group) is 1. The zero-order valence-electron chi connectivity index (χ0n) is 18.0. The summed E-state index contributed by atoms with van der Waals surface area (Å²) in [5, 5.41) is 9.07. The Balaban J connectivity index is 1.80. The van der Waals surface area contributed by atoms with Gasteiger partial charge in [-0.1, -0.05) is 48.3 Å². The number of thiocarbonyl (C=S) groups is 1. The maximum absolute atomic E-state index is 13.1. The number of carboxylic acids is 1. The minimum Gasteiger partial charge on any atom is -0.480 e. The van der Waals surface area contributed by atoms with E-state index < -0.39 is 18.4 Å². The summed E-state index contributed by atoms with van der Waals surface area (Å²) in [7, 11) is 0. The third kappa shape index (κ3) is 4.33. The Hall–Kier alpha value is -2.95. The predicted molar refractivity (Wildman–Crippen MR) is 137 cm³/mol. The van der Waals surface area contributed by atoms with E-state index in [1.165, 1.54) is 15.9 Å². The van der Waals surface area contributed by atoms with Crippen molar-refractivity contribution in [2.45, 2.75) is 20.4 Å². The summed E-state index contributed by atoms with van der Waals surface area (Å²) in [5.41, 5.74) is 3.01. The fraction of sp³-hybridized carbons (Fsp3) is 0.217. The van der Waals surface area contributed by atoms with Crippen molar-refractivity contribution in [2.75, 3.05) is 18.0 Å². The van der Waals surface area contributed by atoms with Crippen LogP contribution in [0.2, 0.25) is 0 Å². The zero-order chi connectivity index (χ0) is 23.7. The lowest BCUT2D eigenvalue weighted by Gasteiger charge is -2.29. The molecule has 33 heavy (non-hydrogen) atoms. The van der Waals surface area contributed by atoms with Crippen LogP contribution in [0.1, 0.15) is 19.4 Å². The normalized spacial score (nSPS) is 19.1. The molecular formula is C23H21N3O4S3. The van der Waals surface area contributed by atoms with Gasteiger partial charge < -0.3 is 10.0 Å². The van der Waals surface area contributed by atoms with Crippen LogP contribution in [0.3, 0.4) is 0 Å². The average molecular weight is 500 g/mol. The van der Waals surface area contributed by atoms with E-state index >= 15 is 0 Å². The van der Waals surface area contributed by atoms with E-state index in [0.29, 0.717) is 20.6 Å². The highest BCUT2D eigenvalue weighted by atomic mass is 32.2. The summed E-state index contributed by atoms with van der Waals surface area (Å²) in [6.45, 7) is 4.56. The number of allylic oxidation sites excluding steroid dienone is 2. The van der Waals surface area contributed by atoms with Crippen LogP contribution < -0.4 is 19.7 Å². The number of nitrogens with zero attached hydrogens (tertiary/aromatic N) is 3. The molecule has 1 N–H and O–H groups in total. The quantitative estimate of drug-likeness (QED) is 0.632. The van der Waals surface area contributed by atoms with E-state index in [4.69, 9.17) is 17.3 Å². The first kappa shape index (κ1) is 23.2. The number of benzene rings is 1. The second-order valence-electron chi connectivity index (χ2n) is 7.20. The lowest BCUT2D eigenvalue weighted by Crippen LogP contribution is -2.35. The third-order valence-corrected chi connectivity index (χ3v) is 7.97. The predicted octanol–water partition coefficient (Wildman–Crippen LogP) is 2.20. The molecule has 3 heterocycles. The maximum atomic E-state index is 13.1. The minimum atomic E-state index is -1.14. The SMILES string of the molecule is CCN1/C(=C\C=c2\s/c(=C3/SC(=S)N(CC(=O)O)C3=O)n(CC)c2=O)C=Cc2ccccc21. The second-order valence-corrected chi connectivity index (χ2v) is 9.87. The summed E-state index contributed by atoms with van der Waals surface area (Å²) < 4.78 is 2.70. The Bertz CT molecular complexity index is 1400. The Morgan fingerprint density at radius 2 is 1.85 bits per heavy atom. The lowest BCUT2D eigenvalue weighted by molar-refractivity contribution is -0.140. The van der Waals surface area contributed by atoms with Crippen molar-refractivity contribution < 1.29 is 14.7 Å². The van der Waals surface area contributed by atoms with Crippen LogP contribution in [0.5, 0.6) is 0 Å². The molecule has 1 aromatic heterocycles. The monoisotopic (exact) mass is 499 g/mol. The number of aromatic nitrogens is 1. The number of rotatable bonds is 5. The number of thiazole rings is 1. The molecule has 0 saturated carbocycles. The molecule has 2 aliphatic heterocycles. The summed E-state index contributed by atoms with van der Waals surface area (Å²) >= 11 is 7.44. The van der Waals surface area contributed by atoms with Gasteiger partial charge in [-0.25, -0.2) is 0 Å². The fourth-order valence-corrected chi connectivity index (χ4v) is 6.24. The van der Waals surface area contributed by atoms with Gasteiger partial charge in [-0.05, 0) is 43.7 Å². The highest BCUT2D eigenvalue weighted by Gasteiger charge is 2.35. The van der Waals surface area contributed by atoms with Gasteiger partial charge in [-0.3, -0.25) is 23.9 Å². The second kappa shape index (κ2) is 9.50. The van der Waals surface area contributed by atoms with Crippen molar-refractivity contribution >= 4 is 74.3 Å². The van der Waals surface area contributed by atoms with Gasteiger partial charge in [0.1, 0.15) is 20.4 Å². The number of thioether (sulfide) groups is 1. The van der Waals surface area contributed by atoms with Gasteiger partial charge in [0, 0.05) is 24.5 Å². The highest BCUT2D eigenvalue weighted by Crippen LogP contribution is 2.31. The number of anilines is 1. The Kier molecular flexibility index (Phi) is 6.68. The van der Waals surface area contributed by atoms with Crippen molar-refractivity contribution in [1.29, 1.82) is 0 Å². The van der Waals surface area contributed by atoms with Crippen molar-refractivity contribution in [2.24, 2.45) is 0 Å². The first-order valence-corrected chi connectivity index (χ1v) is 12.4. The smallest absolute Gasteiger partial charge is 0.323 e. The number of carbonyl (C=O) groups is 2. The number of carboxylic acid groups (broad SMARTS) is 1. The van der Waals surface area contributed by atoms with Crippen molar-refractivity contribution in [3.8, 4) is 0 Å². The molecule has 1 amide bonds. The number of para-hydroxylation sites is 1.